The number of rotatable bonds is 3. The van der Waals surface area contributed by atoms with Crippen LogP contribution in [0, 0.1) is 16.5 Å². The van der Waals surface area contributed by atoms with Crippen molar-refractivity contribution in [3.8, 4) is 0 Å². The molecule has 2 aromatic rings. The van der Waals surface area contributed by atoms with Crippen molar-refractivity contribution in [2.75, 3.05) is 19.6 Å². The lowest BCUT2D eigenvalue weighted by molar-refractivity contribution is 0.333. The number of hydrogen-bond donors (Lipinski definition) is 1. The summed E-state index contributed by atoms with van der Waals surface area (Å²) in [6.45, 7) is 6.39. The normalized spacial score (nSPS) is 20.1. The smallest absolute Gasteiger partial charge is 0.178 e. The predicted octanol–water partition coefficient (Wildman–Crippen LogP) is 3.94. The van der Waals surface area contributed by atoms with Crippen LogP contribution in [0.3, 0.4) is 0 Å². The van der Waals surface area contributed by atoms with Crippen molar-refractivity contribution in [3.05, 3.63) is 27.2 Å². The summed E-state index contributed by atoms with van der Waals surface area (Å²) in [5.41, 5.74) is 1.74. The molecule has 1 aliphatic heterocycles. The van der Waals surface area contributed by atoms with E-state index in [0.717, 1.165) is 37.2 Å². The first-order valence-electron chi connectivity index (χ1n) is 6.88. The Morgan fingerprint density at radius 1 is 1.50 bits per heavy atom. The average Bonchev–Trinajstić information content (AvgIpc) is 2.98. The Hall–Kier alpha value is -0.720. The maximum Gasteiger partial charge on any atom is 0.178 e. The third-order valence-corrected chi connectivity index (χ3v) is 5.00. The van der Waals surface area contributed by atoms with Gasteiger partial charge in [0, 0.05) is 19.2 Å². The van der Waals surface area contributed by atoms with Crippen LogP contribution in [0.2, 0.25) is 0 Å². The third-order valence-electron chi connectivity index (χ3n) is 4.07. The topological polar surface area (TPSA) is 24.0 Å². The molecule has 108 valence electrons. The second-order valence-corrected chi connectivity index (χ2v) is 6.61. The van der Waals surface area contributed by atoms with Crippen molar-refractivity contribution in [1.82, 2.24) is 14.5 Å². The fourth-order valence-electron chi connectivity index (χ4n) is 2.94. The van der Waals surface area contributed by atoms with E-state index in [2.05, 4.69) is 32.7 Å². The standard InChI is InChI=1S/C14H17BrFN3S/c1-2-18-4-3-9(7-18)8-19-13-6-11(16)10(15)5-12(13)17-14(19)20/h5-6,9H,2-4,7-8H2,1H3,(H,17,20). The zero-order chi connectivity index (χ0) is 14.3. The van der Waals surface area contributed by atoms with Crippen LogP contribution in [-0.4, -0.2) is 34.1 Å². The SMILES string of the molecule is CCN1CCC(Cn2c(=S)[nH]c3cc(Br)c(F)cc32)C1. The monoisotopic (exact) mass is 357 g/mol. The summed E-state index contributed by atoms with van der Waals surface area (Å²) in [4.78, 5) is 5.61. The highest BCUT2D eigenvalue weighted by Gasteiger charge is 2.22. The Morgan fingerprint density at radius 2 is 2.30 bits per heavy atom. The van der Waals surface area contributed by atoms with E-state index >= 15 is 0 Å². The molecule has 0 radical (unpaired) electrons. The van der Waals surface area contributed by atoms with Crippen molar-refractivity contribution in [3.63, 3.8) is 0 Å². The van der Waals surface area contributed by atoms with Crippen molar-refractivity contribution < 1.29 is 4.39 Å². The molecule has 0 aliphatic carbocycles. The van der Waals surface area contributed by atoms with Gasteiger partial charge >= 0.3 is 0 Å². The van der Waals surface area contributed by atoms with Crippen LogP contribution in [0.15, 0.2) is 16.6 Å². The van der Waals surface area contributed by atoms with Gasteiger partial charge in [0.25, 0.3) is 0 Å². The van der Waals surface area contributed by atoms with E-state index in [1.54, 1.807) is 12.1 Å². The zero-order valence-electron chi connectivity index (χ0n) is 11.3. The number of halogens is 2. The van der Waals surface area contributed by atoms with Gasteiger partial charge in [0.15, 0.2) is 4.77 Å². The molecule has 0 bridgehead atoms. The number of H-pyrrole nitrogens is 1. The molecule has 1 fully saturated rings. The number of likely N-dealkylation sites (tertiary alicyclic amines) is 1. The maximum absolute atomic E-state index is 13.8. The largest absolute Gasteiger partial charge is 0.331 e. The van der Waals surface area contributed by atoms with Crippen molar-refractivity contribution in [1.29, 1.82) is 0 Å². The van der Waals surface area contributed by atoms with Gasteiger partial charge in [-0.25, -0.2) is 4.39 Å². The minimum atomic E-state index is -0.248. The lowest BCUT2D eigenvalue weighted by Crippen LogP contribution is -2.21. The minimum absolute atomic E-state index is 0.248. The van der Waals surface area contributed by atoms with Gasteiger partial charge in [0.2, 0.25) is 0 Å². The van der Waals surface area contributed by atoms with Crippen LogP contribution in [0.1, 0.15) is 13.3 Å². The summed E-state index contributed by atoms with van der Waals surface area (Å²) < 4.78 is 16.9. The molecular formula is C14H17BrFN3S. The van der Waals surface area contributed by atoms with Crippen LogP contribution in [0.25, 0.3) is 11.0 Å². The van der Waals surface area contributed by atoms with E-state index in [9.17, 15) is 4.39 Å². The average molecular weight is 358 g/mol. The first-order valence-corrected chi connectivity index (χ1v) is 8.08. The Bertz CT molecular complexity index is 694. The highest BCUT2D eigenvalue weighted by molar-refractivity contribution is 9.10. The van der Waals surface area contributed by atoms with Gasteiger partial charge in [-0.1, -0.05) is 6.92 Å². The van der Waals surface area contributed by atoms with Crippen molar-refractivity contribution in [2.45, 2.75) is 19.9 Å². The van der Waals surface area contributed by atoms with Gasteiger partial charge in [0.1, 0.15) is 5.82 Å². The van der Waals surface area contributed by atoms with E-state index in [-0.39, 0.29) is 5.82 Å². The van der Waals surface area contributed by atoms with Gasteiger partial charge < -0.3 is 14.5 Å². The number of imidazole rings is 1. The summed E-state index contributed by atoms with van der Waals surface area (Å²) in [5, 5.41) is 0. The molecule has 1 aromatic carbocycles. The number of nitrogens with zero attached hydrogens (tertiary/aromatic N) is 2. The van der Waals surface area contributed by atoms with Crippen LogP contribution in [0.4, 0.5) is 4.39 Å². The molecule has 3 nitrogen and oxygen atoms in total. The third kappa shape index (κ3) is 2.56. The van der Waals surface area contributed by atoms with E-state index in [4.69, 9.17) is 12.2 Å². The first-order chi connectivity index (χ1) is 9.58. The molecule has 20 heavy (non-hydrogen) atoms. The van der Waals surface area contributed by atoms with E-state index in [1.807, 2.05) is 4.57 Å². The first kappa shape index (κ1) is 14.2. The number of fused-ring (bicyclic) bond motifs is 1. The van der Waals surface area contributed by atoms with Crippen molar-refractivity contribution >= 4 is 39.2 Å². The van der Waals surface area contributed by atoms with E-state index in [0.29, 0.717) is 15.2 Å². The number of nitrogens with one attached hydrogen (secondary N) is 1. The van der Waals surface area contributed by atoms with Crippen molar-refractivity contribution in [2.24, 2.45) is 5.92 Å². The summed E-state index contributed by atoms with van der Waals surface area (Å²) in [6, 6.07) is 3.31. The number of aromatic nitrogens is 2. The predicted molar refractivity (Wildman–Crippen MR) is 85.0 cm³/mol. The van der Waals surface area contributed by atoms with E-state index in [1.165, 1.54) is 6.42 Å². The van der Waals surface area contributed by atoms with Gasteiger partial charge in [-0.15, -0.1) is 0 Å². The minimum Gasteiger partial charge on any atom is -0.331 e. The van der Waals surface area contributed by atoms with Crippen LogP contribution in [-0.2, 0) is 6.54 Å². The molecule has 2 heterocycles. The molecule has 0 spiro atoms. The maximum atomic E-state index is 13.8. The molecule has 1 saturated heterocycles. The quantitative estimate of drug-likeness (QED) is 0.841. The fraction of sp³-hybridized carbons (Fsp3) is 0.500. The fourth-order valence-corrected chi connectivity index (χ4v) is 3.57. The molecule has 3 rings (SSSR count). The molecule has 1 aliphatic rings. The molecule has 0 amide bonds. The molecular weight excluding hydrogens is 341 g/mol. The van der Waals surface area contributed by atoms with Crippen LogP contribution >= 0.6 is 28.1 Å². The van der Waals surface area contributed by atoms with Crippen LogP contribution < -0.4 is 0 Å². The molecule has 6 heteroatoms. The lowest BCUT2D eigenvalue weighted by Gasteiger charge is -2.14. The summed E-state index contributed by atoms with van der Waals surface area (Å²) in [5.74, 6) is 0.342. The highest BCUT2D eigenvalue weighted by atomic mass is 79.9. The van der Waals surface area contributed by atoms with E-state index < -0.39 is 0 Å². The molecule has 1 unspecified atom stereocenters. The Morgan fingerprint density at radius 3 is 3.00 bits per heavy atom. The number of aromatic amines is 1. The Balaban J connectivity index is 1.93. The zero-order valence-corrected chi connectivity index (χ0v) is 13.7. The second-order valence-electron chi connectivity index (χ2n) is 5.37. The molecule has 1 aromatic heterocycles. The van der Waals surface area contributed by atoms with Gasteiger partial charge in [-0.2, -0.15) is 0 Å². The highest BCUT2D eigenvalue weighted by Crippen LogP contribution is 2.25. The number of benzene rings is 1. The second kappa shape index (κ2) is 5.58. The van der Waals surface area contributed by atoms with Gasteiger partial charge in [-0.05, 0) is 59.6 Å². The molecule has 1 N–H and O–H groups in total. The van der Waals surface area contributed by atoms with Crippen LogP contribution in [0.5, 0.6) is 0 Å². The van der Waals surface area contributed by atoms with Gasteiger partial charge in [0.05, 0.1) is 15.5 Å². The summed E-state index contributed by atoms with van der Waals surface area (Å²) in [7, 11) is 0. The number of hydrogen-bond acceptors (Lipinski definition) is 2. The molecule has 0 saturated carbocycles. The van der Waals surface area contributed by atoms with Gasteiger partial charge in [-0.3, -0.25) is 0 Å². The summed E-state index contributed by atoms with van der Waals surface area (Å²) in [6.07, 6.45) is 1.18. The summed E-state index contributed by atoms with van der Waals surface area (Å²) >= 11 is 8.60. The molecule has 1 atom stereocenters. The lowest BCUT2D eigenvalue weighted by atomic mass is 10.1. The Labute approximate surface area is 130 Å². The Kier molecular flexibility index (Phi) is 3.97.